The molecule has 0 fully saturated rings. The van der Waals surface area contributed by atoms with Gasteiger partial charge in [0.05, 0.1) is 45.0 Å². The zero-order valence-electron chi connectivity index (χ0n) is 21.1. The summed E-state index contributed by atoms with van der Waals surface area (Å²) in [6.45, 7) is 6.90. The summed E-state index contributed by atoms with van der Waals surface area (Å²) in [7, 11) is 1.62. The van der Waals surface area contributed by atoms with Crippen molar-refractivity contribution in [3.63, 3.8) is 0 Å². The Morgan fingerprint density at radius 3 is 2.11 bits per heavy atom. The maximum Gasteiger partial charge on any atom is 0.338 e. The Morgan fingerprint density at radius 2 is 1.53 bits per heavy atom. The molecular weight excluding hydrogens is 458 g/mol. The molecule has 0 radical (unpaired) electrons. The van der Waals surface area contributed by atoms with Gasteiger partial charge in [0.1, 0.15) is 5.75 Å². The second-order valence-electron chi connectivity index (χ2n) is 8.25. The molecule has 0 bridgehead atoms. The molecule has 4 rings (SSSR count). The largest absolute Gasteiger partial charge is 0.497 e. The SMILES string of the molecule is CCOC(=O)c1ccc(N2C(=O)Cc3cc(OCC)c(OCC)cc3C2c2ccc(OC)cc2)cc1. The molecule has 0 spiro atoms. The summed E-state index contributed by atoms with van der Waals surface area (Å²) in [6, 6.07) is 18.1. The van der Waals surface area contributed by atoms with Crippen molar-refractivity contribution in [1.82, 2.24) is 0 Å². The number of carbonyl (C=O) groups is 2. The van der Waals surface area contributed by atoms with E-state index >= 15 is 0 Å². The first kappa shape index (κ1) is 25.1. The number of amides is 1. The molecule has 1 amide bonds. The normalized spacial score (nSPS) is 14.7. The summed E-state index contributed by atoms with van der Waals surface area (Å²) in [4.78, 5) is 27.5. The van der Waals surface area contributed by atoms with E-state index in [9.17, 15) is 9.59 Å². The van der Waals surface area contributed by atoms with Crippen LogP contribution in [-0.2, 0) is 16.0 Å². The minimum absolute atomic E-state index is 0.0567. The van der Waals surface area contributed by atoms with E-state index in [1.54, 1.807) is 43.2 Å². The molecule has 0 saturated carbocycles. The van der Waals surface area contributed by atoms with Gasteiger partial charge in [-0.05, 0) is 86.0 Å². The van der Waals surface area contributed by atoms with Crippen molar-refractivity contribution in [3.05, 3.63) is 82.9 Å². The van der Waals surface area contributed by atoms with Crippen LogP contribution in [0.1, 0.15) is 53.9 Å². The smallest absolute Gasteiger partial charge is 0.338 e. The fraction of sp³-hybridized carbons (Fsp3) is 0.310. The average molecular weight is 490 g/mol. The molecule has 1 unspecified atom stereocenters. The molecule has 0 aliphatic carbocycles. The molecule has 3 aromatic carbocycles. The van der Waals surface area contributed by atoms with Gasteiger partial charge in [0.15, 0.2) is 11.5 Å². The number of hydrogen-bond donors (Lipinski definition) is 0. The lowest BCUT2D eigenvalue weighted by molar-refractivity contribution is -0.118. The Balaban J connectivity index is 1.84. The minimum Gasteiger partial charge on any atom is -0.497 e. The van der Waals surface area contributed by atoms with E-state index in [1.165, 1.54) is 0 Å². The monoisotopic (exact) mass is 489 g/mol. The van der Waals surface area contributed by atoms with Crippen LogP contribution in [0.5, 0.6) is 17.2 Å². The number of ether oxygens (including phenoxy) is 4. The van der Waals surface area contributed by atoms with E-state index in [-0.39, 0.29) is 12.3 Å². The van der Waals surface area contributed by atoms with E-state index in [0.717, 1.165) is 22.4 Å². The molecule has 1 heterocycles. The van der Waals surface area contributed by atoms with Gasteiger partial charge in [-0.3, -0.25) is 4.79 Å². The molecule has 188 valence electrons. The Hall–Kier alpha value is -4.00. The predicted octanol–water partition coefficient (Wildman–Crippen LogP) is 5.35. The molecule has 1 aliphatic heterocycles. The van der Waals surface area contributed by atoms with Crippen LogP contribution in [0.4, 0.5) is 5.69 Å². The summed E-state index contributed by atoms with van der Waals surface area (Å²) in [5.74, 6) is 1.55. The zero-order valence-corrected chi connectivity index (χ0v) is 21.1. The quantitative estimate of drug-likeness (QED) is 0.378. The highest BCUT2D eigenvalue weighted by atomic mass is 16.5. The Bertz CT molecular complexity index is 1220. The minimum atomic E-state index is -0.407. The second-order valence-corrected chi connectivity index (χ2v) is 8.25. The maximum absolute atomic E-state index is 13.6. The summed E-state index contributed by atoms with van der Waals surface area (Å²) >= 11 is 0. The number of fused-ring (bicyclic) bond motifs is 1. The maximum atomic E-state index is 13.6. The van der Waals surface area contributed by atoms with Crippen molar-refractivity contribution in [2.45, 2.75) is 33.2 Å². The summed E-state index contributed by atoms with van der Waals surface area (Å²) in [5, 5.41) is 0. The second kappa shape index (κ2) is 11.2. The first-order valence-corrected chi connectivity index (χ1v) is 12.2. The zero-order chi connectivity index (χ0) is 25.7. The highest BCUT2D eigenvalue weighted by molar-refractivity contribution is 5.99. The topological polar surface area (TPSA) is 74.3 Å². The van der Waals surface area contributed by atoms with Gasteiger partial charge in [0.25, 0.3) is 0 Å². The number of esters is 1. The van der Waals surface area contributed by atoms with Crippen molar-refractivity contribution < 1.29 is 28.5 Å². The Labute approximate surface area is 211 Å². The van der Waals surface area contributed by atoms with E-state index < -0.39 is 12.0 Å². The average Bonchev–Trinajstić information content (AvgIpc) is 2.89. The number of anilines is 1. The first-order chi connectivity index (χ1) is 17.5. The fourth-order valence-electron chi connectivity index (χ4n) is 4.47. The number of nitrogens with zero attached hydrogens (tertiary/aromatic N) is 1. The molecule has 3 aromatic rings. The van der Waals surface area contributed by atoms with Crippen molar-refractivity contribution in [2.24, 2.45) is 0 Å². The number of benzene rings is 3. The van der Waals surface area contributed by atoms with Gasteiger partial charge < -0.3 is 23.8 Å². The molecule has 36 heavy (non-hydrogen) atoms. The van der Waals surface area contributed by atoms with Crippen molar-refractivity contribution >= 4 is 17.6 Å². The van der Waals surface area contributed by atoms with Crippen LogP contribution in [-0.4, -0.2) is 38.8 Å². The molecular formula is C29H31NO6. The third-order valence-corrected chi connectivity index (χ3v) is 6.06. The molecule has 7 heteroatoms. The Morgan fingerprint density at radius 1 is 0.889 bits per heavy atom. The van der Waals surface area contributed by atoms with E-state index in [1.807, 2.05) is 50.2 Å². The van der Waals surface area contributed by atoms with Crippen LogP contribution in [0.3, 0.4) is 0 Å². The Kier molecular flexibility index (Phi) is 7.78. The van der Waals surface area contributed by atoms with Gasteiger partial charge >= 0.3 is 5.97 Å². The lowest BCUT2D eigenvalue weighted by atomic mass is 9.86. The van der Waals surface area contributed by atoms with Gasteiger partial charge in [-0.15, -0.1) is 0 Å². The third kappa shape index (κ3) is 5.00. The van der Waals surface area contributed by atoms with E-state index in [0.29, 0.717) is 42.6 Å². The van der Waals surface area contributed by atoms with Crippen LogP contribution < -0.4 is 19.1 Å². The summed E-state index contributed by atoms with van der Waals surface area (Å²) in [6.07, 6.45) is 0.216. The number of carbonyl (C=O) groups excluding carboxylic acids is 2. The van der Waals surface area contributed by atoms with Crippen molar-refractivity contribution in [3.8, 4) is 17.2 Å². The molecule has 1 aliphatic rings. The number of rotatable bonds is 9. The van der Waals surface area contributed by atoms with Crippen LogP contribution in [0.15, 0.2) is 60.7 Å². The molecule has 0 saturated heterocycles. The number of hydrogen-bond acceptors (Lipinski definition) is 6. The van der Waals surface area contributed by atoms with Gasteiger partial charge in [-0.25, -0.2) is 4.79 Å². The standard InChI is InChI=1S/C29H31NO6/c1-5-34-25-16-21-17-27(31)30(22-12-8-20(9-13-22)29(32)36-7-3)28(24(21)18-26(25)35-6-2)19-10-14-23(33-4)15-11-19/h8-16,18,28H,5-7,17H2,1-4H3. The van der Waals surface area contributed by atoms with Gasteiger partial charge in [0, 0.05) is 5.69 Å². The highest BCUT2D eigenvalue weighted by Gasteiger charge is 2.36. The molecule has 1 atom stereocenters. The summed E-state index contributed by atoms with van der Waals surface area (Å²) < 4.78 is 22.2. The molecule has 7 nitrogen and oxygen atoms in total. The van der Waals surface area contributed by atoms with Crippen molar-refractivity contribution in [2.75, 3.05) is 31.8 Å². The van der Waals surface area contributed by atoms with Crippen LogP contribution in [0.2, 0.25) is 0 Å². The molecule has 0 N–H and O–H groups in total. The fourth-order valence-corrected chi connectivity index (χ4v) is 4.47. The van der Waals surface area contributed by atoms with Crippen molar-refractivity contribution in [1.29, 1.82) is 0 Å². The third-order valence-electron chi connectivity index (χ3n) is 6.06. The van der Waals surface area contributed by atoms with Crippen LogP contribution in [0.25, 0.3) is 0 Å². The number of methoxy groups -OCH3 is 1. The van der Waals surface area contributed by atoms with E-state index in [2.05, 4.69) is 0 Å². The van der Waals surface area contributed by atoms with Gasteiger partial charge in [0.2, 0.25) is 5.91 Å². The van der Waals surface area contributed by atoms with Gasteiger partial charge in [-0.1, -0.05) is 12.1 Å². The van der Waals surface area contributed by atoms with Crippen LogP contribution in [0, 0.1) is 0 Å². The van der Waals surface area contributed by atoms with E-state index in [4.69, 9.17) is 18.9 Å². The lowest BCUT2D eigenvalue weighted by Crippen LogP contribution is -2.41. The first-order valence-electron chi connectivity index (χ1n) is 12.2. The van der Waals surface area contributed by atoms with Gasteiger partial charge in [-0.2, -0.15) is 0 Å². The summed E-state index contributed by atoms with van der Waals surface area (Å²) in [5.41, 5.74) is 3.90. The lowest BCUT2D eigenvalue weighted by Gasteiger charge is -2.38. The predicted molar refractivity (Wildman–Crippen MR) is 137 cm³/mol. The van der Waals surface area contributed by atoms with Crippen LogP contribution >= 0.6 is 0 Å². The molecule has 0 aromatic heterocycles. The highest BCUT2D eigenvalue weighted by Crippen LogP contribution is 2.43.